The molecular formula is C16H21F2N3. The third kappa shape index (κ3) is 3.23. The fourth-order valence-corrected chi connectivity index (χ4v) is 3.08. The number of aromatic nitrogens is 2. The average molecular weight is 293 g/mol. The van der Waals surface area contributed by atoms with Crippen molar-refractivity contribution in [3.8, 4) is 0 Å². The lowest BCUT2D eigenvalue weighted by Crippen LogP contribution is -2.34. The highest BCUT2D eigenvalue weighted by Gasteiger charge is 2.17. The summed E-state index contributed by atoms with van der Waals surface area (Å²) < 4.78 is 28.3. The lowest BCUT2D eigenvalue weighted by Gasteiger charge is -2.27. The van der Waals surface area contributed by atoms with E-state index in [1.807, 2.05) is 4.57 Å². The molecule has 5 heteroatoms. The van der Waals surface area contributed by atoms with Crippen molar-refractivity contribution in [2.75, 3.05) is 6.54 Å². The monoisotopic (exact) mass is 293 g/mol. The molecule has 0 saturated heterocycles. The molecule has 21 heavy (non-hydrogen) atoms. The predicted octanol–water partition coefficient (Wildman–Crippen LogP) is 3.48. The van der Waals surface area contributed by atoms with E-state index in [2.05, 4.69) is 17.2 Å². The Bertz CT molecular complexity index is 615. The van der Waals surface area contributed by atoms with Gasteiger partial charge >= 0.3 is 0 Å². The van der Waals surface area contributed by atoms with Gasteiger partial charge in [-0.25, -0.2) is 13.8 Å². The molecule has 1 aromatic heterocycles. The molecule has 3 rings (SSSR count). The van der Waals surface area contributed by atoms with Crippen molar-refractivity contribution in [2.24, 2.45) is 5.92 Å². The summed E-state index contributed by atoms with van der Waals surface area (Å²) in [5.74, 6) is -0.820. The van der Waals surface area contributed by atoms with Gasteiger partial charge < -0.3 is 9.88 Å². The van der Waals surface area contributed by atoms with E-state index in [1.165, 1.54) is 31.7 Å². The second kappa shape index (κ2) is 6.10. The molecule has 2 aromatic rings. The van der Waals surface area contributed by atoms with Crippen molar-refractivity contribution in [1.82, 2.24) is 14.9 Å². The summed E-state index contributed by atoms with van der Waals surface area (Å²) in [5, 5.41) is 3.55. The Morgan fingerprint density at radius 1 is 1.19 bits per heavy atom. The van der Waals surface area contributed by atoms with Crippen molar-refractivity contribution < 1.29 is 8.78 Å². The molecule has 1 saturated carbocycles. The first-order valence-corrected chi connectivity index (χ1v) is 7.67. The Hall–Kier alpha value is -1.49. The van der Waals surface area contributed by atoms with Gasteiger partial charge in [0.15, 0.2) is 11.6 Å². The molecule has 1 aliphatic rings. The normalized spacial score (nSPS) is 22.8. The Labute approximate surface area is 123 Å². The zero-order valence-electron chi connectivity index (χ0n) is 12.3. The first kappa shape index (κ1) is 14.4. The summed E-state index contributed by atoms with van der Waals surface area (Å²) in [6.07, 6.45) is 6.68. The molecule has 0 spiro atoms. The van der Waals surface area contributed by atoms with Gasteiger partial charge in [-0.3, -0.25) is 0 Å². The third-order valence-electron chi connectivity index (χ3n) is 4.46. The summed E-state index contributed by atoms with van der Waals surface area (Å²) in [5.41, 5.74) is 1.15. The number of hydrogen-bond donors (Lipinski definition) is 1. The van der Waals surface area contributed by atoms with E-state index in [4.69, 9.17) is 0 Å². The van der Waals surface area contributed by atoms with E-state index in [-0.39, 0.29) is 0 Å². The number of imidazole rings is 1. The van der Waals surface area contributed by atoms with Crippen LogP contribution < -0.4 is 5.32 Å². The minimum absolute atomic E-state index is 0.500. The van der Waals surface area contributed by atoms with Crippen LogP contribution in [0, 0.1) is 17.6 Å². The number of halogens is 2. The number of nitrogens with one attached hydrogen (secondary N) is 1. The molecule has 0 aliphatic heterocycles. The molecule has 0 amide bonds. The largest absolute Gasteiger partial charge is 0.329 e. The van der Waals surface area contributed by atoms with Crippen LogP contribution in [0.15, 0.2) is 18.5 Å². The summed E-state index contributed by atoms with van der Waals surface area (Å²) in [4.78, 5) is 4.12. The topological polar surface area (TPSA) is 29.9 Å². The maximum atomic E-state index is 13.3. The van der Waals surface area contributed by atoms with Gasteiger partial charge in [0.25, 0.3) is 0 Å². The van der Waals surface area contributed by atoms with Gasteiger partial charge in [-0.2, -0.15) is 0 Å². The molecule has 1 aliphatic carbocycles. The minimum Gasteiger partial charge on any atom is -0.329 e. The SMILES string of the molecule is CC1CCC(NCCn2cnc3cc(F)c(F)cc32)CC1. The second-order valence-corrected chi connectivity index (χ2v) is 6.10. The maximum absolute atomic E-state index is 13.3. The highest BCUT2D eigenvalue weighted by Crippen LogP contribution is 2.23. The summed E-state index contributed by atoms with van der Waals surface area (Å²) in [6, 6.07) is 2.96. The van der Waals surface area contributed by atoms with E-state index in [1.54, 1.807) is 6.33 Å². The number of hydrogen-bond acceptors (Lipinski definition) is 2. The van der Waals surface area contributed by atoms with E-state index < -0.39 is 11.6 Å². The van der Waals surface area contributed by atoms with Crippen LogP contribution in [0.25, 0.3) is 11.0 Å². The van der Waals surface area contributed by atoms with E-state index in [0.29, 0.717) is 23.6 Å². The van der Waals surface area contributed by atoms with Gasteiger partial charge in [-0.15, -0.1) is 0 Å². The van der Waals surface area contributed by atoms with Crippen LogP contribution in [0.2, 0.25) is 0 Å². The van der Waals surface area contributed by atoms with E-state index in [9.17, 15) is 8.78 Å². The van der Waals surface area contributed by atoms with Crippen LogP contribution in [0.5, 0.6) is 0 Å². The summed E-state index contributed by atoms with van der Waals surface area (Å²) in [7, 11) is 0. The first-order valence-electron chi connectivity index (χ1n) is 7.67. The summed E-state index contributed by atoms with van der Waals surface area (Å²) in [6.45, 7) is 3.85. The Balaban J connectivity index is 1.59. The molecule has 1 fully saturated rings. The van der Waals surface area contributed by atoms with Crippen molar-refractivity contribution in [3.63, 3.8) is 0 Å². The van der Waals surface area contributed by atoms with Crippen molar-refractivity contribution in [1.29, 1.82) is 0 Å². The minimum atomic E-state index is -0.845. The predicted molar refractivity (Wildman–Crippen MR) is 79.1 cm³/mol. The second-order valence-electron chi connectivity index (χ2n) is 6.10. The van der Waals surface area contributed by atoms with Crippen LogP contribution >= 0.6 is 0 Å². The molecule has 1 N–H and O–H groups in total. The van der Waals surface area contributed by atoms with Crippen LogP contribution in [0.1, 0.15) is 32.6 Å². The van der Waals surface area contributed by atoms with Gasteiger partial charge in [-0.1, -0.05) is 6.92 Å². The molecule has 3 nitrogen and oxygen atoms in total. The Kier molecular flexibility index (Phi) is 4.19. The summed E-state index contributed by atoms with van der Waals surface area (Å²) >= 11 is 0. The van der Waals surface area contributed by atoms with Gasteiger partial charge in [0.2, 0.25) is 0 Å². The van der Waals surface area contributed by atoms with Gasteiger partial charge in [-0.05, 0) is 31.6 Å². The zero-order valence-corrected chi connectivity index (χ0v) is 12.3. The van der Waals surface area contributed by atoms with Gasteiger partial charge in [0.1, 0.15) is 0 Å². The van der Waals surface area contributed by atoms with Crippen molar-refractivity contribution in [2.45, 2.75) is 45.2 Å². The van der Waals surface area contributed by atoms with Crippen LogP contribution in [0.4, 0.5) is 8.78 Å². The number of fused-ring (bicyclic) bond motifs is 1. The van der Waals surface area contributed by atoms with Crippen molar-refractivity contribution >= 4 is 11.0 Å². The average Bonchev–Trinajstić information content (AvgIpc) is 2.84. The molecule has 0 radical (unpaired) electrons. The lowest BCUT2D eigenvalue weighted by atomic mass is 9.87. The van der Waals surface area contributed by atoms with Crippen LogP contribution in [-0.4, -0.2) is 22.1 Å². The van der Waals surface area contributed by atoms with Crippen molar-refractivity contribution in [3.05, 3.63) is 30.1 Å². The molecule has 0 unspecified atom stereocenters. The van der Waals surface area contributed by atoms with Gasteiger partial charge in [0, 0.05) is 31.3 Å². The molecular weight excluding hydrogens is 272 g/mol. The van der Waals surface area contributed by atoms with Gasteiger partial charge in [0.05, 0.1) is 17.4 Å². The fourth-order valence-electron chi connectivity index (χ4n) is 3.08. The van der Waals surface area contributed by atoms with Crippen LogP contribution in [-0.2, 0) is 6.54 Å². The third-order valence-corrected chi connectivity index (χ3v) is 4.46. The highest BCUT2D eigenvalue weighted by atomic mass is 19.2. The zero-order chi connectivity index (χ0) is 14.8. The molecule has 1 heterocycles. The number of benzene rings is 1. The van der Waals surface area contributed by atoms with E-state index in [0.717, 1.165) is 18.5 Å². The Morgan fingerprint density at radius 2 is 1.90 bits per heavy atom. The molecule has 1 aromatic carbocycles. The van der Waals surface area contributed by atoms with Crippen LogP contribution in [0.3, 0.4) is 0 Å². The number of rotatable bonds is 4. The lowest BCUT2D eigenvalue weighted by molar-refractivity contribution is 0.305. The fraction of sp³-hybridized carbons (Fsp3) is 0.562. The smallest absolute Gasteiger partial charge is 0.161 e. The quantitative estimate of drug-likeness (QED) is 0.935. The number of nitrogens with zero attached hydrogens (tertiary/aromatic N) is 2. The van der Waals surface area contributed by atoms with E-state index >= 15 is 0 Å². The first-order chi connectivity index (χ1) is 10.1. The molecule has 0 bridgehead atoms. The maximum Gasteiger partial charge on any atom is 0.161 e. The standard InChI is InChI=1S/C16H21F2N3/c1-11-2-4-12(5-3-11)19-6-7-21-10-20-15-8-13(17)14(18)9-16(15)21/h8-12,19H,2-7H2,1H3. The highest BCUT2D eigenvalue weighted by molar-refractivity contribution is 5.75. The molecule has 114 valence electrons. The molecule has 0 atom stereocenters. The Morgan fingerprint density at radius 3 is 2.67 bits per heavy atom.